The number of thiazole rings is 1. The minimum absolute atomic E-state index is 0.0994. The molecule has 1 unspecified atom stereocenters. The van der Waals surface area contributed by atoms with Gasteiger partial charge in [0.1, 0.15) is 4.88 Å². The van der Waals surface area contributed by atoms with Crippen LogP contribution in [0.3, 0.4) is 0 Å². The minimum atomic E-state index is -2.28. The zero-order chi connectivity index (χ0) is 16.4. The van der Waals surface area contributed by atoms with Crippen LogP contribution < -0.4 is 10.6 Å². The summed E-state index contributed by atoms with van der Waals surface area (Å²) < 4.78 is 21.6. The molecule has 3 rings (SSSR count). The van der Waals surface area contributed by atoms with Crippen molar-refractivity contribution in [2.24, 2.45) is 0 Å². The van der Waals surface area contributed by atoms with Gasteiger partial charge in [0, 0.05) is 17.9 Å². The Morgan fingerprint density at radius 1 is 1.39 bits per heavy atom. The van der Waals surface area contributed by atoms with E-state index in [1.54, 1.807) is 12.1 Å². The number of amides is 2. The minimum Gasteiger partial charge on any atom is -0.768 e. The number of aromatic nitrogens is 1. The second-order valence-electron chi connectivity index (χ2n) is 4.90. The molecule has 1 aliphatic rings. The number of rotatable bonds is 4. The van der Waals surface area contributed by atoms with Crippen LogP contribution in [0.25, 0.3) is 0 Å². The Balaban J connectivity index is 1.65. The molecule has 23 heavy (non-hydrogen) atoms. The Morgan fingerprint density at radius 3 is 2.78 bits per heavy atom. The maximum absolute atomic E-state index is 12.0. The summed E-state index contributed by atoms with van der Waals surface area (Å²) in [7, 11) is 0. The van der Waals surface area contributed by atoms with E-state index in [0.29, 0.717) is 34.2 Å². The molecular weight excluding hydrogens is 338 g/mol. The summed E-state index contributed by atoms with van der Waals surface area (Å²) in [6.45, 7) is 0.552. The van der Waals surface area contributed by atoms with Crippen LogP contribution in [0.4, 0.5) is 5.13 Å². The van der Waals surface area contributed by atoms with Gasteiger partial charge in [0.05, 0.1) is 12.1 Å². The Bertz CT molecular complexity index is 786. The SMILES string of the molecule is O=C(Cc1ccc(S(=O)[O-])cc1)Nc1nc2c(s1)C(=O)NCC2. The van der Waals surface area contributed by atoms with Gasteiger partial charge in [-0.15, -0.1) is 0 Å². The third kappa shape index (κ3) is 3.63. The number of hydrogen-bond acceptors (Lipinski definition) is 6. The Labute approximate surface area is 138 Å². The van der Waals surface area contributed by atoms with Gasteiger partial charge < -0.3 is 15.2 Å². The molecule has 2 amide bonds. The highest BCUT2D eigenvalue weighted by Gasteiger charge is 2.22. The summed E-state index contributed by atoms with van der Waals surface area (Å²) >= 11 is -1.13. The third-order valence-corrected chi connectivity index (χ3v) is 4.95. The van der Waals surface area contributed by atoms with E-state index in [0.717, 1.165) is 11.3 Å². The summed E-state index contributed by atoms with van der Waals surface area (Å²) in [6.07, 6.45) is 0.753. The molecule has 2 heterocycles. The Hall–Kier alpha value is -2.10. The summed E-state index contributed by atoms with van der Waals surface area (Å²) in [5.41, 5.74) is 1.40. The topological polar surface area (TPSA) is 111 Å². The fourth-order valence-corrected chi connectivity index (χ4v) is 3.50. The molecule has 1 aromatic heterocycles. The van der Waals surface area contributed by atoms with Crippen LogP contribution in [0, 0.1) is 0 Å². The molecule has 0 radical (unpaired) electrons. The first-order valence-corrected chi connectivity index (χ1v) is 8.68. The van der Waals surface area contributed by atoms with Crippen LogP contribution >= 0.6 is 11.3 Å². The third-order valence-electron chi connectivity index (χ3n) is 3.28. The second kappa shape index (κ2) is 6.57. The molecule has 1 aliphatic heterocycles. The molecule has 1 atom stereocenters. The molecular formula is C14H12N3O4S2-. The lowest BCUT2D eigenvalue weighted by molar-refractivity contribution is -0.115. The summed E-state index contributed by atoms with van der Waals surface area (Å²) in [6, 6.07) is 6.06. The lowest BCUT2D eigenvalue weighted by atomic mass is 10.1. The van der Waals surface area contributed by atoms with Crippen LogP contribution in [-0.2, 0) is 28.7 Å². The smallest absolute Gasteiger partial charge is 0.263 e. The zero-order valence-corrected chi connectivity index (χ0v) is 13.5. The van der Waals surface area contributed by atoms with Crippen molar-refractivity contribution in [2.75, 3.05) is 11.9 Å². The molecule has 0 spiro atoms. The van der Waals surface area contributed by atoms with Crippen molar-refractivity contribution >= 4 is 39.4 Å². The Morgan fingerprint density at radius 2 is 2.13 bits per heavy atom. The maximum Gasteiger partial charge on any atom is 0.263 e. The lowest BCUT2D eigenvalue weighted by Crippen LogP contribution is -2.30. The number of carbonyl (C=O) groups excluding carboxylic acids is 2. The molecule has 2 aromatic rings. The fraction of sp³-hybridized carbons (Fsp3) is 0.214. The molecule has 0 fully saturated rings. The number of carbonyl (C=O) groups is 2. The van der Waals surface area contributed by atoms with Gasteiger partial charge in [0.2, 0.25) is 5.91 Å². The lowest BCUT2D eigenvalue weighted by Gasteiger charge is -2.09. The molecule has 1 aromatic carbocycles. The number of benzene rings is 1. The number of nitrogens with one attached hydrogen (secondary N) is 2. The first-order chi connectivity index (χ1) is 11.0. The fourth-order valence-electron chi connectivity index (χ4n) is 2.19. The van der Waals surface area contributed by atoms with Gasteiger partial charge in [-0.1, -0.05) is 23.5 Å². The van der Waals surface area contributed by atoms with Crippen molar-refractivity contribution in [3.63, 3.8) is 0 Å². The molecule has 9 heteroatoms. The van der Waals surface area contributed by atoms with E-state index in [1.807, 2.05) is 0 Å². The number of hydrogen-bond donors (Lipinski definition) is 2. The number of nitrogens with zero attached hydrogens (tertiary/aromatic N) is 1. The van der Waals surface area contributed by atoms with Crippen LogP contribution in [0.1, 0.15) is 20.9 Å². The monoisotopic (exact) mass is 350 g/mol. The molecule has 0 aliphatic carbocycles. The maximum atomic E-state index is 12.0. The quantitative estimate of drug-likeness (QED) is 0.794. The summed E-state index contributed by atoms with van der Waals surface area (Å²) in [5, 5.41) is 5.80. The van der Waals surface area contributed by atoms with E-state index in [-0.39, 0.29) is 23.1 Å². The second-order valence-corrected chi connectivity index (χ2v) is 6.84. The van der Waals surface area contributed by atoms with E-state index in [1.165, 1.54) is 12.1 Å². The van der Waals surface area contributed by atoms with E-state index >= 15 is 0 Å². The van der Waals surface area contributed by atoms with Crippen molar-refractivity contribution in [2.45, 2.75) is 17.7 Å². The van der Waals surface area contributed by atoms with Crippen molar-refractivity contribution in [3.8, 4) is 0 Å². The van der Waals surface area contributed by atoms with Crippen LogP contribution in [0.5, 0.6) is 0 Å². The van der Waals surface area contributed by atoms with Crippen molar-refractivity contribution < 1.29 is 18.4 Å². The molecule has 7 nitrogen and oxygen atoms in total. The largest absolute Gasteiger partial charge is 0.768 e. The predicted octanol–water partition coefficient (Wildman–Crippen LogP) is 0.848. The highest BCUT2D eigenvalue weighted by atomic mass is 32.2. The van der Waals surface area contributed by atoms with Crippen LogP contribution in [0.2, 0.25) is 0 Å². The van der Waals surface area contributed by atoms with E-state index in [2.05, 4.69) is 15.6 Å². The van der Waals surface area contributed by atoms with E-state index < -0.39 is 11.1 Å². The highest BCUT2D eigenvalue weighted by Crippen LogP contribution is 2.25. The van der Waals surface area contributed by atoms with Crippen molar-refractivity contribution in [1.82, 2.24) is 10.3 Å². The molecule has 0 saturated carbocycles. The summed E-state index contributed by atoms with van der Waals surface area (Å²) in [4.78, 5) is 28.7. The van der Waals surface area contributed by atoms with Gasteiger partial charge >= 0.3 is 0 Å². The van der Waals surface area contributed by atoms with Crippen LogP contribution in [-0.4, -0.2) is 32.1 Å². The van der Waals surface area contributed by atoms with Gasteiger partial charge in [-0.3, -0.25) is 13.8 Å². The average molecular weight is 350 g/mol. The van der Waals surface area contributed by atoms with Crippen molar-refractivity contribution in [3.05, 3.63) is 40.4 Å². The normalized spacial score (nSPS) is 14.7. The number of anilines is 1. The molecule has 2 N–H and O–H groups in total. The molecule has 0 bridgehead atoms. The van der Waals surface area contributed by atoms with Crippen LogP contribution in [0.15, 0.2) is 29.2 Å². The Kier molecular flexibility index (Phi) is 4.51. The zero-order valence-electron chi connectivity index (χ0n) is 11.8. The van der Waals surface area contributed by atoms with Gasteiger partial charge in [0.25, 0.3) is 5.91 Å². The average Bonchev–Trinajstić information content (AvgIpc) is 2.91. The van der Waals surface area contributed by atoms with Gasteiger partial charge in [-0.2, -0.15) is 0 Å². The standard InChI is InChI=1S/C14H13N3O4S2/c18-11(7-8-1-3-9(4-2-8)23(20)21)17-14-16-10-5-6-15-13(19)12(10)22-14/h1-4H,5-7H2,(H,15,19)(H,20,21)(H,16,17,18)/p-1. The van der Waals surface area contributed by atoms with E-state index in [9.17, 15) is 18.4 Å². The summed E-state index contributed by atoms with van der Waals surface area (Å²) in [5.74, 6) is -0.432. The van der Waals surface area contributed by atoms with Gasteiger partial charge in [-0.05, 0) is 28.8 Å². The first kappa shape index (κ1) is 15.8. The van der Waals surface area contributed by atoms with Gasteiger partial charge in [0.15, 0.2) is 5.13 Å². The first-order valence-electron chi connectivity index (χ1n) is 6.79. The number of fused-ring (bicyclic) bond motifs is 1. The van der Waals surface area contributed by atoms with E-state index in [4.69, 9.17) is 0 Å². The van der Waals surface area contributed by atoms with Crippen molar-refractivity contribution in [1.29, 1.82) is 0 Å². The molecule has 0 saturated heterocycles. The molecule has 120 valence electrons. The highest BCUT2D eigenvalue weighted by molar-refractivity contribution is 7.79. The van der Waals surface area contributed by atoms with Gasteiger partial charge in [-0.25, -0.2) is 4.98 Å². The predicted molar refractivity (Wildman–Crippen MR) is 84.1 cm³/mol.